The molecule has 0 saturated carbocycles. The second kappa shape index (κ2) is 7.02. The molecule has 0 atom stereocenters. The summed E-state index contributed by atoms with van der Waals surface area (Å²) < 4.78 is 5.73. The van der Waals surface area contributed by atoms with Gasteiger partial charge in [-0.3, -0.25) is 0 Å². The molecule has 0 aromatic carbocycles. The number of furan rings is 1. The van der Waals surface area contributed by atoms with Crippen molar-refractivity contribution in [3.05, 3.63) is 23.7 Å². The van der Waals surface area contributed by atoms with Crippen LogP contribution in [-0.4, -0.2) is 11.8 Å². The molecular formula is C13H23NOS. The van der Waals surface area contributed by atoms with Gasteiger partial charge in [0.2, 0.25) is 0 Å². The Morgan fingerprint density at radius 1 is 1.19 bits per heavy atom. The maximum absolute atomic E-state index is 5.73. The fourth-order valence-corrected chi connectivity index (χ4v) is 2.24. The average molecular weight is 241 g/mol. The van der Waals surface area contributed by atoms with Gasteiger partial charge in [0, 0.05) is 6.04 Å². The highest BCUT2D eigenvalue weighted by Crippen LogP contribution is 2.17. The molecule has 1 rings (SSSR count). The van der Waals surface area contributed by atoms with E-state index in [1.165, 1.54) is 5.75 Å². The van der Waals surface area contributed by atoms with Gasteiger partial charge < -0.3 is 9.73 Å². The van der Waals surface area contributed by atoms with E-state index in [4.69, 9.17) is 4.42 Å². The van der Waals surface area contributed by atoms with Crippen molar-refractivity contribution in [1.82, 2.24) is 5.32 Å². The molecule has 16 heavy (non-hydrogen) atoms. The number of nitrogens with one attached hydrogen (secondary N) is 1. The SMILES string of the molecule is CC(C)CSCc1ccc(CNC(C)C)o1. The first-order valence-corrected chi connectivity index (χ1v) is 7.12. The van der Waals surface area contributed by atoms with Crippen molar-refractivity contribution >= 4 is 11.8 Å². The van der Waals surface area contributed by atoms with E-state index < -0.39 is 0 Å². The summed E-state index contributed by atoms with van der Waals surface area (Å²) in [7, 11) is 0. The van der Waals surface area contributed by atoms with Crippen molar-refractivity contribution in [2.24, 2.45) is 5.92 Å². The van der Waals surface area contributed by atoms with Gasteiger partial charge in [-0.2, -0.15) is 11.8 Å². The second-order valence-electron chi connectivity index (χ2n) is 4.81. The Labute approximate surface area is 103 Å². The molecule has 3 heteroatoms. The van der Waals surface area contributed by atoms with Crippen molar-refractivity contribution in [3.8, 4) is 0 Å². The highest BCUT2D eigenvalue weighted by molar-refractivity contribution is 7.98. The van der Waals surface area contributed by atoms with E-state index in [-0.39, 0.29) is 0 Å². The predicted molar refractivity (Wildman–Crippen MR) is 71.7 cm³/mol. The van der Waals surface area contributed by atoms with Crippen LogP contribution in [0.1, 0.15) is 39.2 Å². The van der Waals surface area contributed by atoms with Crippen molar-refractivity contribution in [2.75, 3.05) is 5.75 Å². The molecule has 1 aromatic heterocycles. The lowest BCUT2D eigenvalue weighted by Gasteiger charge is -2.05. The van der Waals surface area contributed by atoms with Crippen LogP contribution in [0.3, 0.4) is 0 Å². The van der Waals surface area contributed by atoms with Crippen LogP contribution in [0.15, 0.2) is 16.5 Å². The summed E-state index contributed by atoms with van der Waals surface area (Å²) in [5.74, 6) is 5.06. The van der Waals surface area contributed by atoms with Crippen LogP contribution in [0.2, 0.25) is 0 Å². The molecule has 0 aliphatic carbocycles. The fourth-order valence-electron chi connectivity index (χ4n) is 1.29. The van der Waals surface area contributed by atoms with E-state index in [1.54, 1.807) is 0 Å². The Morgan fingerprint density at radius 3 is 2.50 bits per heavy atom. The van der Waals surface area contributed by atoms with Crippen molar-refractivity contribution < 1.29 is 4.42 Å². The maximum Gasteiger partial charge on any atom is 0.118 e. The molecule has 0 radical (unpaired) electrons. The summed E-state index contributed by atoms with van der Waals surface area (Å²) >= 11 is 1.94. The Balaban J connectivity index is 2.28. The molecule has 0 aliphatic rings. The standard InChI is InChI=1S/C13H23NOS/c1-10(2)8-16-9-13-6-5-12(15-13)7-14-11(3)4/h5-6,10-11,14H,7-9H2,1-4H3. The van der Waals surface area contributed by atoms with E-state index >= 15 is 0 Å². The van der Waals surface area contributed by atoms with E-state index in [2.05, 4.69) is 45.1 Å². The zero-order valence-corrected chi connectivity index (χ0v) is 11.6. The smallest absolute Gasteiger partial charge is 0.118 e. The lowest BCUT2D eigenvalue weighted by Crippen LogP contribution is -2.21. The van der Waals surface area contributed by atoms with Gasteiger partial charge in [0.15, 0.2) is 0 Å². The van der Waals surface area contributed by atoms with Gasteiger partial charge >= 0.3 is 0 Å². The molecule has 0 saturated heterocycles. The molecular weight excluding hydrogens is 218 g/mol. The third kappa shape index (κ3) is 5.61. The van der Waals surface area contributed by atoms with Crippen LogP contribution in [0.5, 0.6) is 0 Å². The van der Waals surface area contributed by atoms with Gasteiger partial charge in [-0.1, -0.05) is 27.7 Å². The lowest BCUT2D eigenvalue weighted by molar-refractivity contribution is 0.445. The monoisotopic (exact) mass is 241 g/mol. The minimum Gasteiger partial charge on any atom is -0.464 e. The largest absolute Gasteiger partial charge is 0.464 e. The molecule has 92 valence electrons. The highest BCUT2D eigenvalue weighted by Gasteiger charge is 2.03. The molecule has 0 unspecified atom stereocenters. The number of hydrogen-bond acceptors (Lipinski definition) is 3. The normalized spacial score (nSPS) is 11.6. The van der Waals surface area contributed by atoms with E-state index in [9.17, 15) is 0 Å². The Bertz CT molecular complexity index is 294. The summed E-state index contributed by atoms with van der Waals surface area (Å²) in [6, 6.07) is 4.66. The Morgan fingerprint density at radius 2 is 1.88 bits per heavy atom. The van der Waals surface area contributed by atoms with Crippen LogP contribution < -0.4 is 5.32 Å². The summed E-state index contributed by atoms with van der Waals surface area (Å²) in [6.45, 7) is 9.59. The van der Waals surface area contributed by atoms with Crippen molar-refractivity contribution in [3.63, 3.8) is 0 Å². The van der Waals surface area contributed by atoms with E-state index in [0.717, 1.165) is 29.7 Å². The third-order valence-electron chi connectivity index (χ3n) is 2.10. The Hall–Kier alpha value is -0.410. The summed E-state index contributed by atoms with van der Waals surface area (Å²) in [6.07, 6.45) is 0. The van der Waals surface area contributed by atoms with Crippen molar-refractivity contribution in [1.29, 1.82) is 0 Å². The van der Waals surface area contributed by atoms with E-state index in [1.807, 2.05) is 11.8 Å². The molecule has 0 aliphatic heterocycles. The minimum absolute atomic E-state index is 0.504. The summed E-state index contributed by atoms with van der Waals surface area (Å²) in [5, 5.41) is 3.35. The van der Waals surface area contributed by atoms with Gasteiger partial charge in [0.05, 0.1) is 12.3 Å². The number of thioether (sulfide) groups is 1. The molecule has 0 spiro atoms. The predicted octanol–water partition coefficient (Wildman–Crippen LogP) is 3.67. The van der Waals surface area contributed by atoms with E-state index in [0.29, 0.717) is 6.04 Å². The average Bonchev–Trinajstić information content (AvgIpc) is 2.62. The third-order valence-corrected chi connectivity index (χ3v) is 3.49. The number of rotatable bonds is 7. The van der Waals surface area contributed by atoms with Gasteiger partial charge in [-0.25, -0.2) is 0 Å². The first-order chi connectivity index (χ1) is 7.58. The minimum atomic E-state index is 0.504. The van der Waals surface area contributed by atoms with Gasteiger partial charge in [-0.05, 0) is 23.8 Å². The zero-order valence-electron chi connectivity index (χ0n) is 10.7. The van der Waals surface area contributed by atoms with Gasteiger partial charge in [-0.15, -0.1) is 0 Å². The molecule has 1 heterocycles. The van der Waals surface area contributed by atoms with Crippen LogP contribution >= 0.6 is 11.8 Å². The topological polar surface area (TPSA) is 25.2 Å². The Kier molecular flexibility index (Phi) is 5.99. The first kappa shape index (κ1) is 13.7. The zero-order chi connectivity index (χ0) is 12.0. The maximum atomic E-state index is 5.73. The lowest BCUT2D eigenvalue weighted by atomic mass is 10.3. The van der Waals surface area contributed by atoms with Gasteiger partial charge in [0.25, 0.3) is 0 Å². The molecule has 1 aromatic rings. The summed E-state index contributed by atoms with van der Waals surface area (Å²) in [4.78, 5) is 0. The van der Waals surface area contributed by atoms with Crippen LogP contribution in [-0.2, 0) is 12.3 Å². The van der Waals surface area contributed by atoms with Crippen molar-refractivity contribution in [2.45, 2.75) is 46.0 Å². The van der Waals surface area contributed by atoms with Gasteiger partial charge in [0.1, 0.15) is 11.5 Å². The summed E-state index contributed by atoms with van der Waals surface area (Å²) in [5.41, 5.74) is 0. The second-order valence-corrected chi connectivity index (χ2v) is 5.84. The first-order valence-electron chi connectivity index (χ1n) is 5.96. The molecule has 0 bridgehead atoms. The molecule has 0 fully saturated rings. The van der Waals surface area contributed by atoms with Crippen LogP contribution in [0, 0.1) is 5.92 Å². The molecule has 2 nitrogen and oxygen atoms in total. The quantitative estimate of drug-likeness (QED) is 0.788. The number of hydrogen-bond donors (Lipinski definition) is 1. The van der Waals surface area contributed by atoms with Crippen LogP contribution in [0.4, 0.5) is 0 Å². The van der Waals surface area contributed by atoms with Crippen LogP contribution in [0.25, 0.3) is 0 Å². The molecule has 0 amide bonds. The fraction of sp³-hybridized carbons (Fsp3) is 0.692. The highest BCUT2D eigenvalue weighted by atomic mass is 32.2. The molecule has 1 N–H and O–H groups in total.